The van der Waals surface area contributed by atoms with Crippen LogP contribution in [0.1, 0.15) is 74.1 Å². The Hall–Kier alpha value is -1.19. The maximum atomic E-state index is 13.8. The molecule has 0 aromatic carbocycles. The molecule has 216 valence electrons. The van der Waals surface area contributed by atoms with Gasteiger partial charge in [-0.05, 0) is 52.9 Å². The van der Waals surface area contributed by atoms with Crippen molar-refractivity contribution >= 4 is 5.97 Å². The second-order valence-electron chi connectivity index (χ2n) is 13.7. The van der Waals surface area contributed by atoms with Crippen molar-refractivity contribution in [2.24, 2.45) is 40.4 Å². The van der Waals surface area contributed by atoms with Crippen LogP contribution in [0.5, 0.6) is 0 Å². The van der Waals surface area contributed by atoms with Crippen molar-refractivity contribution in [2.75, 3.05) is 19.8 Å². The Morgan fingerprint density at radius 2 is 1.89 bits per heavy atom. The van der Waals surface area contributed by atoms with Gasteiger partial charge in [-0.1, -0.05) is 27.2 Å². The second-order valence-corrected chi connectivity index (χ2v) is 13.7. The summed E-state index contributed by atoms with van der Waals surface area (Å²) in [7, 11) is 0. The highest BCUT2D eigenvalue weighted by Gasteiger charge is 2.82. The van der Waals surface area contributed by atoms with Gasteiger partial charge in [-0.2, -0.15) is 0 Å². The summed E-state index contributed by atoms with van der Waals surface area (Å²) in [5, 5.41) is 20.3. The summed E-state index contributed by atoms with van der Waals surface area (Å²) in [5.74, 6) is 0.204. The molecule has 0 amide bonds. The molecule has 3 saturated carbocycles. The van der Waals surface area contributed by atoms with Crippen LogP contribution in [-0.4, -0.2) is 72.3 Å². The predicted molar refractivity (Wildman–Crippen MR) is 140 cm³/mol. The number of aliphatic hydroxyl groups excluding tert-OH is 1. The smallest absolute Gasteiger partial charge is 0.313 e. The third-order valence-electron chi connectivity index (χ3n) is 10.6. The lowest BCUT2D eigenvalue weighted by atomic mass is 9.61. The van der Waals surface area contributed by atoms with Crippen molar-refractivity contribution in [2.45, 2.75) is 110 Å². The summed E-state index contributed by atoms with van der Waals surface area (Å²) in [5.41, 5.74) is -0.883. The lowest BCUT2D eigenvalue weighted by Gasteiger charge is -2.51. The molecule has 2 N–H and O–H groups in total. The minimum atomic E-state index is -0.831. The molecular weight excluding hydrogens is 488 g/mol. The van der Waals surface area contributed by atoms with E-state index >= 15 is 0 Å². The third-order valence-corrected chi connectivity index (χ3v) is 10.6. The number of aliphatic hydroxyl groups is 2. The number of fused-ring (bicyclic) bond motifs is 3. The van der Waals surface area contributed by atoms with Crippen LogP contribution in [0.25, 0.3) is 0 Å². The molecule has 0 aromatic heterocycles. The molecule has 1 saturated heterocycles. The van der Waals surface area contributed by atoms with Crippen molar-refractivity contribution < 1.29 is 38.7 Å². The van der Waals surface area contributed by atoms with Gasteiger partial charge in [0.2, 0.25) is 6.29 Å². The molecule has 0 radical (unpaired) electrons. The molecule has 1 spiro atoms. The highest BCUT2D eigenvalue weighted by Crippen LogP contribution is 2.77. The van der Waals surface area contributed by atoms with Crippen LogP contribution in [0.2, 0.25) is 0 Å². The fourth-order valence-corrected chi connectivity index (χ4v) is 7.96. The molecule has 2 unspecified atom stereocenters. The monoisotopic (exact) mass is 536 g/mol. The highest BCUT2D eigenvalue weighted by molar-refractivity contribution is 5.82. The van der Waals surface area contributed by atoms with E-state index in [0.29, 0.717) is 32.2 Å². The standard InChI is InChI=1S/C30H48O8/c1-8-16(2)13-35-22-11-19-26(36-14-17(3)18(4)31)37-15-21-24-23(34-10-9-28(5,6)33)20-12-30(19,21)25(22)29(20,7)27(32)38-24/h15-20,22-26,31,33H,8-14H2,1-7H3/t16?,17-,18+,19?,20+,22-,23+,24-,25+,26-,29-,30+/m1/s1. The lowest BCUT2D eigenvalue weighted by molar-refractivity contribution is -0.213. The maximum absolute atomic E-state index is 13.8. The van der Waals surface area contributed by atoms with E-state index in [9.17, 15) is 15.0 Å². The largest absolute Gasteiger partial charge is 0.472 e. The topological polar surface area (TPSA) is 104 Å². The average molecular weight is 537 g/mol. The number of carbonyl (C=O) groups is 1. The molecular formula is C30H48O8. The number of esters is 1. The second kappa shape index (κ2) is 10.0. The Morgan fingerprint density at radius 3 is 2.55 bits per heavy atom. The molecule has 0 aromatic rings. The first-order valence-electron chi connectivity index (χ1n) is 14.7. The van der Waals surface area contributed by atoms with Gasteiger partial charge in [0.1, 0.15) is 6.10 Å². The molecule has 5 rings (SSSR count). The zero-order valence-electron chi connectivity index (χ0n) is 24.1. The summed E-state index contributed by atoms with van der Waals surface area (Å²) in [6.45, 7) is 15.2. The van der Waals surface area contributed by atoms with Gasteiger partial charge in [0.25, 0.3) is 0 Å². The molecule has 8 heteroatoms. The van der Waals surface area contributed by atoms with Gasteiger partial charge in [-0.25, -0.2) is 0 Å². The Kier molecular flexibility index (Phi) is 7.47. The molecule has 3 bridgehead atoms. The zero-order chi connectivity index (χ0) is 27.6. The first kappa shape index (κ1) is 28.3. The highest BCUT2D eigenvalue weighted by atomic mass is 16.7. The van der Waals surface area contributed by atoms with E-state index in [2.05, 4.69) is 20.8 Å². The van der Waals surface area contributed by atoms with Crippen LogP contribution in [0, 0.1) is 40.4 Å². The van der Waals surface area contributed by atoms with Gasteiger partial charge < -0.3 is 33.9 Å². The molecule has 4 fully saturated rings. The van der Waals surface area contributed by atoms with Crippen LogP contribution in [-0.2, 0) is 28.5 Å². The van der Waals surface area contributed by atoms with E-state index in [1.165, 1.54) is 0 Å². The van der Waals surface area contributed by atoms with Crippen LogP contribution < -0.4 is 0 Å². The summed E-state index contributed by atoms with van der Waals surface area (Å²) < 4.78 is 31.9. The fourth-order valence-electron chi connectivity index (χ4n) is 7.96. The molecule has 38 heavy (non-hydrogen) atoms. The summed E-state index contributed by atoms with van der Waals surface area (Å²) in [4.78, 5) is 13.8. The van der Waals surface area contributed by atoms with E-state index in [1.807, 2.05) is 6.92 Å². The van der Waals surface area contributed by atoms with Crippen molar-refractivity contribution in [1.29, 1.82) is 0 Å². The van der Waals surface area contributed by atoms with Crippen molar-refractivity contribution in [3.63, 3.8) is 0 Å². The predicted octanol–water partition coefficient (Wildman–Crippen LogP) is 3.83. The van der Waals surface area contributed by atoms with Crippen LogP contribution in [0.4, 0.5) is 0 Å². The number of hydrogen-bond donors (Lipinski definition) is 2. The summed E-state index contributed by atoms with van der Waals surface area (Å²) >= 11 is 0. The first-order valence-corrected chi connectivity index (χ1v) is 14.7. The molecule has 2 heterocycles. The number of rotatable bonds is 12. The van der Waals surface area contributed by atoms with Gasteiger partial charge in [0.15, 0.2) is 6.10 Å². The van der Waals surface area contributed by atoms with Crippen LogP contribution in [0.15, 0.2) is 11.8 Å². The number of ether oxygens (including phenoxy) is 5. The zero-order valence-corrected chi connectivity index (χ0v) is 24.1. The SMILES string of the molecule is CCC(C)CO[C@@H]1CC2[C@H](OC[C@@H](C)[C@H](C)O)OC=C3[C@H]4OC(=O)[C@]5(C)[C@@H](C[C@@]32[C@@H]15)[C@@H]4OCCC(C)(C)O. The lowest BCUT2D eigenvalue weighted by Crippen LogP contribution is -2.58. The van der Waals surface area contributed by atoms with Gasteiger partial charge in [0.05, 0.1) is 36.1 Å². The van der Waals surface area contributed by atoms with Gasteiger partial charge >= 0.3 is 5.97 Å². The van der Waals surface area contributed by atoms with E-state index < -0.39 is 29.5 Å². The van der Waals surface area contributed by atoms with Crippen molar-refractivity contribution in [3.8, 4) is 0 Å². The minimum Gasteiger partial charge on any atom is -0.472 e. The first-order chi connectivity index (χ1) is 17.8. The summed E-state index contributed by atoms with van der Waals surface area (Å²) in [6.07, 6.45) is 3.04. The van der Waals surface area contributed by atoms with Crippen LogP contribution in [0.3, 0.4) is 0 Å². The van der Waals surface area contributed by atoms with Gasteiger partial charge in [-0.15, -0.1) is 0 Å². The Balaban J connectivity index is 1.50. The van der Waals surface area contributed by atoms with E-state index in [0.717, 1.165) is 24.8 Å². The van der Waals surface area contributed by atoms with Crippen molar-refractivity contribution in [1.82, 2.24) is 0 Å². The maximum Gasteiger partial charge on any atom is 0.313 e. The molecule has 12 atom stereocenters. The molecule has 8 nitrogen and oxygen atoms in total. The molecule has 5 aliphatic rings. The number of carbonyl (C=O) groups excluding carboxylic acids is 1. The Morgan fingerprint density at radius 1 is 1.16 bits per heavy atom. The third kappa shape index (κ3) is 4.33. The molecule has 3 aliphatic carbocycles. The van der Waals surface area contributed by atoms with E-state index in [-0.39, 0.29) is 47.3 Å². The Labute approximate surface area is 227 Å². The van der Waals surface area contributed by atoms with Gasteiger partial charge in [0, 0.05) is 47.9 Å². The van der Waals surface area contributed by atoms with Crippen LogP contribution >= 0.6 is 0 Å². The van der Waals surface area contributed by atoms with E-state index in [1.54, 1.807) is 27.0 Å². The van der Waals surface area contributed by atoms with Crippen molar-refractivity contribution in [3.05, 3.63) is 11.8 Å². The number of hydrogen-bond acceptors (Lipinski definition) is 8. The average Bonchev–Trinajstić information content (AvgIpc) is 3.28. The molecule has 2 aliphatic heterocycles. The fraction of sp³-hybridized carbons (Fsp3) is 0.900. The minimum absolute atomic E-state index is 0.00894. The van der Waals surface area contributed by atoms with Gasteiger partial charge in [-0.3, -0.25) is 4.79 Å². The normalized spacial score (nSPS) is 43.2. The Bertz CT molecular complexity index is 926. The summed E-state index contributed by atoms with van der Waals surface area (Å²) in [6, 6.07) is 0. The van der Waals surface area contributed by atoms with E-state index in [4.69, 9.17) is 23.7 Å². The quantitative estimate of drug-likeness (QED) is 0.363.